The molecular formula is C10H11N3O2. The minimum atomic E-state index is -0.625. The number of ether oxygens (including phenoxy) is 1. The van der Waals surface area contributed by atoms with E-state index in [1.165, 1.54) is 0 Å². The maximum atomic E-state index is 11.2. The van der Waals surface area contributed by atoms with E-state index in [4.69, 9.17) is 10.5 Å². The number of aromatic nitrogens is 2. The van der Waals surface area contributed by atoms with Gasteiger partial charge in [-0.1, -0.05) is 0 Å². The van der Waals surface area contributed by atoms with Crippen LogP contribution in [-0.4, -0.2) is 22.0 Å². The van der Waals surface area contributed by atoms with Gasteiger partial charge in [-0.3, -0.25) is 0 Å². The molecule has 0 aliphatic carbocycles. The molecule has 5 nitrogen and oxygen atoms in total. The van der Waals surface area contributed by atoms with Crippen LogP contribution in [0.4, 0.5) is 0 Å². The van der Waals surface area contributed by atoms with E-state index in [-0.39, 0.29) is 0 Å². The maximum absolute atomic E-state index is 11.2. The highest BCUT2D eigenvalue weighted by Crippen LogP contribution is 2.17. The lowest BCUT2D eigenvalue weighted by molar-refractivity contribution is -0.135. The minimum absolute atomic E-state index is 0.454. The first-order valence-electron chi connectivity index (χ1n) is 4.57. The number of nitrogens with two attached hydrogens (primary N) is 1. The van der Waals surface area contributed by atoms with E-state index in [0.29, 0.717) is 5.75 Å². The zero-order valence-corrected chi connectivity index (χ0v) is 8.23. The van der Waals surface area contributed by atoms with Crippen LogP contribution in [0, 0.1) is 0 Å². The molecular weight excluding hydrogens is 194 g/mol. The lowest BCUT2D eigenvalue weighted by Crippen LogP contribution is -2.30. The third kappa shape index (κ3) is 1.97. The molecule has 15 heavy (non-hydrogen) atoms. The summed E-state index contributed by atoms with van der Waals surface area (Å²) < 4.78 is 5.04. The van der Waals surface area contributed by atoms with Crippen molar-refractivity contribution in [3.8, 4) is 5.75 Å². The number of fused-ring (bicyclic) bond motifs is 1. The molecule has 0 radical (unpaired) electrons. The van der Waals surface area contributed by atoms with Crippen molar-refractivity contribution < 1.29 is 9.53 Å². The molecule has 0 amide bonds. The average Bonchev–Trinajstić information content (AvgIpc) is 2.64. The van der Waals surface area contributed by atoms with E-state index in [1.54, 1.807) is 31.5 Å². The summed E-state index contributed by atoms with van der Waals surface area (Å²) in [5, 5.41) is 0. The molecule has 2 rings (SSSR count). The third-order valence-corrected chi connectivity index (χ3v) is 1.98. The number of aromatic amines is 1. The standard InChI is InChI=1S/C10H11N3O2/c1-6(11)10(14)15-7-2-3-8-9(4-7)13-5-12-8/h2-6H,11H2,1H3,(H,12,13)/t6-/m0/s1. The number of H-pyrrole nitrogens is 1. The molecule has 78 valence electrons. The van der Waals surface area contributed by atoms with Crippen molar-refractivity contribution in [3.05, 3.63) is 24.5 Å². The summed E-state index contributed by atoms with van der Waals surface area (Å²) >= 11 is 0. The smallest absolute Gasteiger partial charge is 0.328 e. The Morgan fingerprint density at radius 3 is 3.13 bits per heavy atom. The summed E-state index contributed by atoms with van der Waals surface area (Å²) in [6.07, 6.45) is 1.59. The fraction of sp³-hybridized carbons (Fsp3) is 0.200. The molecule has 0 saturated carbocycles. The Kier molecular flexibility index (Phi) is 2.39. The number of imidazole rings is 1. The molecule has 3 N–H and O–H groups in total. The second-order valence-corrected chi connectivity index (χ2v) is 3.29. The summed E-state index contributed by atoms with van der Waals surface area (Å²) in [5.41, 5.74) is 7.03. The molecule has 0 aliphatic heterocycles. The molecule has 0 unspecified atom stereocenters. The minimum Gasteiger partial charge on any atom is -0.425 e. The Morgan fingerprint density at radius 2 is 2.40 bits per heavy atom. The normalized spacial score (nSPS) is 12.7. The van der Waals surface area contributed by atoms with Crippen molar-refractivity contribution in [2.24, 2.45) is 5.73 Å². The van der Waals surface area contributed by atoms with Crippen molar-refractivity contribution in [2.75, 3.05) is 0 Å². The number of hydrogen-bond acceptors (Lipinski definition) is 4. The van der Waals surface area contributed by atoms with E-state index in [2.05, 4.69) is 9.97 Å². The first-order valence-corrected chi connectivity index (χ1v) is 4.57. The van der Waals surface area contributed by atoms with Gasteiger partial charge in [0.25, 0.3) is 0 Å². The Morgan fingerprint density at radius 1 is 1.60 bits per heavy atom. The van der Waals surface area contributed by atoms with E-state index >= 15 is 0 Å². The number of nitrogens with zero attached hydrogens (tertiary/aromatic N) is 1. The lowest BCUT2D eigenvalue weighted by atomic mass is 10.3. The van der Waals surface area contributed by atoms with E-state index in [9.17, 15) is 4.79 Å². The number of benzene rings is 1. The molecule has 0 fully saturated rings. The number of carbonyl (C=O) groups excluding carboxylic acids is 1. The van der Waals surface area contributed by atoms with Crippen LogP contribution in [0.15, 0.2) is 24.5 Å². The van der Waals surface area contributed by atoms with Crippen LogP contribution >= 0.6 is 0 Å². The van der Waals surface area contributed by atoms with Gasteiger partial charge in [-0.25, -0.2) is 9.78 Å². The van der Waals surface area contributed by atoms with Gasteiger partial charge in [0, 0.05) is 6.07 Å². The number of esters is 1. The molecule has 5 heteroatoms. The summed E-state index contributed by atoms with van der Waals surface area (Å²) in [5.74, 6) is 0.00165. The quantitative estimate of drug-likeness (QED) is 0.561. The second-order valence-electron chi connectivity index (χ2n) is 3.29. The van der Waals surface area contributed by atoms with Crippen molar-refractivity contribution in [2.45, 2.75) is 13.0 Å². The summed E-state index contributed by atoms with van der Waals surface area (Å²) in [6, 6.07) is 4.55. The topological polar surface area (TPSA) is 81.0 Å². The van der Waals surface area contributed by atoms with Gasteiger partial charge >= 0.3 is 5.97 Å². The molecule has 1 atom stereocenters. The van der Waals surface area contributed by atoms with Gasteiger partial charge in [-0.15, -0.1) is 0 Å². The fourth-order valence-electron chi connectivity index (χ4n) is 1.18. The van der Waals surface area contributed by atoms with E-state index < -0.39 is 12.0 Å². The Bertz CT molecular complexity index is 490. The molecule has 0 saturated heterocycles. The van der Waals surface area contributed by atoms with Gasteiger partial charge < -0.3 is 15.5 Å². The van der Waals surface area contributed by atoms with Gasteiger partial charge in [0.15, 0.2) is 0 Å². The summed E-state index contributed by atoms with van der Waals surface area (Å²) in [7, 11) is 0. The molecule has 2 aromatic rings. The predicted molar refractivity (Wildman–Crippen MR) is 55.4 cm³/mol. The van der Waals surface area contributed by atoms with Gasteiger partial charge in [0.1, 0.15) is 11.8 Å². The molecule has 1 heterocycles. The van der Waals surface area contributed by atoms with Crippen LogP contribution in [0.1, 0.15) is 6.92 Å². The summed E-state index contributed by atoms with van der Waals surface area (Å²) in [4.78, 5) is 18.2. The van der Waals surface area contributed by atoms with E-state index in [1.807, 2.05) is 0 Å². The number of rotatable bonds is 2. The molecule has 0 bridgehead atoms. The second kappa shape index (κ2) is 3.70. The summed E-state index contributed by atoms with van der Waals surface area (Å²) in [6.45, 7) is 1.58. The zero-order valence-electron chi connectivity index (χ0n) is 8.23. The Hall–Kier alpha value is -1.88. The molecule has 0 aliphatic rings. The highest BCUT2D eigenvalue weighted by Gasteiger charge is 2.10. The van der Waals surface area contributed by atoms with Crippen molar-refractivity contribution >= 4 is 17.0 Å². The highest BCUT2D eigenvalue weighted by atomic mass is 16.5. The molecule has 1 aromatic carbocycles. The van der Waals surface area contributed by atoms with Crippen molar-refractivity contribution in [1.29, 1.82) is 0 Å². The van der Waals surface area contributed by atoms with Gasteiger partial charge in [-0.05, 0) is 19.1 Å². The first-order chi connectivity index (χ1) is 7.16. The van der Waals surface area contributed by atoms with Gasteiger partial charge in [0.2, 0.25) is 0 Å². The van der Waals surface area contributed by atoms with E-state index in [0.717, 1.165) is 11.0 Å². The zero-order chi connectivity index (χ0) is 10.8. The molecule has 0 spiro atoms. The fourth-order valence-corrected chi connectivity index (χ4v) is 1.18. The number of nitrogens with one attached hydrogen (secondary N) is 1. The Labute approximate surface area is 86.3 Å². The number of carbonyl (C=O) groups is 1. The van der Waals surface area contributed by atoms with Crippen LogP contribution in [0.5, 0.6) is 5.75 Å². The highest BCUT2D eigenvalue weighted by molar-refractivity contribution is 5.80. The van der Waals surface area contributed by atoms with Crippen LogP contribution in [-0.2, 0) is 4.79 Å². The van der Waals surface area contributed by atoms with Crippen LogP contribution < -0.4 is 10.5 Å². The maximum Gasteiger partial charge on any atom is 0.328 e. The predicted octanol–water partition coefficient (Wildman–Crippen LogP) is 0.816. The molecule has 1 aromatic heterocycles. The largest absolute Gasteiger partial charge is 0.425 e. The Balaban J connectivity index is 2.25. The number of hydrogen-bond donors (Lipinski definition) is 2. The van der Waals surface area contributed by atoms with Crippen molar-refractivity contribution in [3.63, 3.8) is 0 Å². The van der Waals surface area contributed by atoms with Crippen LogP contribution in [0.3, 0.4) is 0 Å². The average molecular weight is 205 g/mol. The van der Waals surface area contributed by atoms with Gasteiger partial charge in [0.05, 0.1) is 17.4 Å². The first kappa shape index (κ1) is 9.67. The SMILES string of the molecule is C[C@H](N)C(=O)Oc1ccc2[nH]cnc2c1. The van der Waals surface area contributed by atoms with Crippen molar-refractivity contribution in [1.82, 2.24) is 9.97 Å². The van der Waals surface area contributed by atoms with Crippen LogP contribution in [0.2, 0.25) is 0 Å². The lowest BCUT2D eigenvalue weighted by Gasteiger charge is -2.05. The third-order valence-electron chi connectivity index (χ3n) is 1.98. The van der Waals surface area contributed by atoms with Crippen LogP contribution in [0.25, 0.3) is 11.0 Å². The van der Waals surface area contributed by atoms with Gasteiger partial charge in [-0.2, -0.15) is 0 Å². The monoisotopic (exact) mass is 205 g/mol.